The zero-order valence-electron chi connectivity index (χ0n) is 16.9. The van der Waals surface area contributed by atoms with Crippen LogP contribution in [0.5, 0.6) is 0 Å². The molecule has 6 nitrogen and oxygen atoms in total. The third-order valence-corrected chi connectivity index (χ3v) is 6.81. The van der Waals surface area contributed by atoms with Gasteiger partial charge in [0.2, 0.25) is 5.82 Å². The first kappa shape index (κ1) is 20.3. The molecule has 5 rings (SSSR count). The van der Waals surface area contributed by atoms with Crippen molar-refractivity contribution in [2.45, 2.75) is 31.9 Å². The molecule has 0 bridgehead atoms. The lowest BCUT2D eigenvalue weighted by Gasteiger charge is -2.38. The van der Waals surface area contributed by atoms with E-state index < -0.39 is 0 Å². The number of nitrogens with zero attached hydrogens (tertiary/aromatic N) is 3. The van der Waals surface area contributed by atoms with E-state index in [9.17, 15) is 4.39 Å². The van der Waals surface area contributed by atoms with Gasteiger partial charge in [0.25, 0.3) is 5.89 Å². The Morgan fingerprint density at radius 3 is 2.84 bits per heavy atom. The molecule has 2 aliphatic heterocycles. The molecule has 1 fully saturated rings. The summed E-state index contributed by atoms with van der Waals surface area (Å²) in [5.41, 5.74) is 2.62. The van der Waals surface area contributed by atoms with Crippen LogP contribution in [0.25, 0.3) is 16.3 Å². The molecule has 1 saturated heterocycles. The molecule has 0 spiro atoms. The minimum absolute atomic E-state index is 0.127. The van der Waals surface area contributed by atoms with E-state index in [4.69, 9.17) is 21.5 Å². The Bertz CT molecular complexity index is 1110. The maximum Gasteiger partial charge on any atom is 0.258 e. The first-order valence-corrected chi connectivity index (χ1v) is 11.4. The minimum atomic E-state index is -0.328. The van der Waals surface area contributed by atoms with Gasteiger partial charge < -0.3 is 19.5 Å². The van der Waals surface area contributed by atoms with Gasteiger partial charge in [0.15, 0.2) is 5.11 Å². The Morgan fingerprint density at radius 1 is 1.29 bits per heavy atom. The molecule has 3 aromatic rings. The predicted molar refractivity (Wildman–Crippen MR) is 121 cm³/mol. The zero-order valence-corrected chi connectivity index (χ0v) is 18.5. The van der Waals surface area contributed by atoms with Gasteiger partial charge in [0.05, 0.1) is 29.1 Å². The maximum atomic E-state index is 13.6. The van der Waals surface area contributed by atoms with Crippen molar-refractivity contribution < 1.29 is 13.7 Å². The van der Waals surface area contributed by atoms with Crippen molar-refractivity contribution in [3.63, 3.8) is 0 Å². The van der Waals surface area contributed by atoms with Crippen LogP contribution in [0.2, 0.25) is 0 Å². The molecule has 1 aromatic carbocycles. The minimum Gasteiger partial charge on any atom is -0.376 e. The summed E-state index contributed by atoms with van der Waals surface area (Å²) >= 11 is 7.25. The number of thiocarbonyl (C=S) groups is 1. The van der Waals surface area contributed by atoms with Crippen LogP contribution in [0.4, 0.5) is 4.39 Å². The van der Waals surface area contributed by atoms with Crippen molar-refractivity contribution in [2.75, 3.05) is 13.2 Å². The lowest BCUT2D eigenvalue weighted by atomic mass is 9.94. The smallest absolute Gasteiger partial charge is 0.258 e. The highest BCUT2D eigenvalue weighted by Gasteiger charge is 2.35. The summed E-state index contributed by atoms with van der Waals surface area (Å²) in [6.45, 7) is 3.44. The van der Waals surface area contributed by atoms with Crippen molar-refractivity contribution in [1.82, 2.24) is 20.4 Å². The molecule has 0 saturated carbocycles. The summed E-state index contributed by atoms with van der Waals surface area (Å²) in [6.07, 6.45) is 2.19. The fraction of sp³-hybridized carbons (Fsp3) is 0.318. The third kappa shape index (κ3) is 4.00. The Labute approximate surface area is 188 Å². The summed E-state index contributed by atoms with van der Waals surface area (Å²) in [4.78, 5) is 7.64. The molecule has 2 atom stereocenters. The van der Waals surface area contributed by atoms with E-state index in [1.54, 1.807) is 23.5 Å². The van der Waals surface area contributed by atoms with Crippen molar-refractivity contribution in [3.8, 4) is 10.7 Å². The van der Waals surface area contributed by atoms with Crippen LogP contribution in [-0.2, 0) is 4.74 Å². The van der Waals surface area contributed by atoms with Crippen molar-refractivity contribution in [2.24, 2.45) is 0 Å². The molecular weight excluding hydrogens is 435 g/mol. The van der Waals surface area contributed by atoms with Gasteiger partial charge in [-0.25, -0.2) is 4.39 Å². The summed E-state index contributed by atoms with van der Waals surface area (Å²) in [7, 11) is 0. The number of thiophene rings is 1. The molecule has 0 aliphatic carbocycles. The van der Waals surface area contributed by atoms with E-state index in [-0.39, 0.29) is 18.0 Å². The largest absolute Gasteiger partial charge is 0.376 e. The standard InChI is InChI=1S/C22H21FN4O2S2/c1-13-18(21-25-20(26-29-21)17-5-3-11-31-17)19(14-6-8-15(23)9-7-14)24-22(30)27(13)12-16-4-2-10-28-16/h3,5-9,11,16,19H,2,4,10,12H2,1H3,(H,24,30). The van der Waals surface area contributed by atoms with Crippen LogP contribution in [0, 0.1) is 5.82 Å². The monoisotopic (exact) mass is 456 g/mol. The Balaban J connectivity index is 1.57. The van der Waals surface area contributed by atoms with Crippen LogP contribution in [-0.4, -0.2) is 39.4 Å². The van der Waals surface area contributed by atoms with Crippen molar-refractivity contribution >= 4 is 34.2 Å². The van der Waals surface area contributed by atoms with E-state index in [0.29, 0.717) is 23.4 Å². The van der Waals surface area contributed by atoms with Crippen molar-refractivity contribution in [1.29, 1.82) is 0 Å². The number of benzene rings is 1. The van der Waals surface area contributed by atoms with Crippen molar-refractivity contribution in [3.05, 3.63) is 64.7 Å². The van der Waals surface area contributed by atoms with Gasteiger partial charge in [0, 0.05) is 12.3 Å². The average Bonchev–Trinajstić information content (AvgIpc) is 3.54. The fourth-order valence-corrected chi connectivity index (χ4v) is 4.99. The maximum absolute atomic E-state index is 13.6. The second-order valence-electron chi connectivity index (χ2n) is 7.58. The van der Waals surface area contributed by atoms with E-state index >= 15 is 0 Å². The van der Waals surface area contributed by atoms with Crippen LogP contribution < -0.4 is 5.32 Å². The molecule has 160 valence electrons. The molecule has 1 N–H and O–H groups in total. The molecule has 4 heterocycles. The molecule has 2 aliphatic rings. The van der Waals surface area contributed by atoms with Gasteiger partial charge >= 0.3 is 0 Å². The second-order valence-corrected chi connectivity index (χ2v) is 8.91. The average molecular weight is 457 g/mol. The summed E-state index contributed by atoms with van der Waals surface area (Å²) in [6, 6.07) is 9.95. The summed E-state index contributed by atoms with van der Waals surface area (Å²) in [5.74, 6) is 0.673. The highest BCUT2D eigenvalue weighted by Crippen LogP contribution is 2.38. The summed E-state index contributed by atoms with van der Waals surface area (Å²) in [5, 5.41) is 10.2. The van der Waals surface area contributed by atoms with E-state index in [1.807, 2.05) is 29.3 Å². The quantitative estimate of drug-likeness (QED) is 0.555. The lowest BCUT2D eigenvalue weighted by Crippen LogP contribution is -2.48. The number of rotatable bonds is 5. The molecule has 2 unspecified atom stereocenters. The van der Waals surface area contributed by atoms with Gasteiger partial charge in [-0.05, 0) is 61.1 Å². The molecule has 2 aromatic heterocycles. The molecule has 0 radical (unpaired) electrons. The van der Waals surface area contributed by atoms with E-state index in [0.717, 1.165) is 41.2 Å². The van der Waals surface area contributed by atoms with Crippen LogP contribution >= 0.6 is 23.6 Å². The SMILES string of the molecule is CC1=C(c2nc(-c3cccs3)no2)C(c2ccc(F)cc2)NC(=S)N1CC1CCCO1. The van der Waals surface area contributed by atoms with Gasteiger partial charge in [-0.15, -0.1) is 11.3 Å². The second kappa shape index (κ2) is 8.49. The predicted octanol–water partition coefficient (Wildman–Crippen LogP) is 4.78. The fourth-order valence-electron chi connectivity index (χ4n) is 4.01. The van der Waals surface area contributed by atoms with E-state index in [1.165, 1.54) is 12.1 Å². The number of hydrogen-bond acceptors (Lipinski definition) is 6. The van der Waals surface area contributed by atoms with Gasteiger partial charge in [0.1, 0.15) is 5.82 Å². The highest BCUT2D eigenvalue weighted by atomic mass is 32.1. The Kier molecular flexibility index (Phi) is 5.56. The molecule has 9 heteroatoms. The topological polar surface area (TPSA) is 63.4 Å². The van der Waals surface area contributed by atoms with Crippen LogP contribution in [0.3, 0.4) is 0 Å². The van der Waals surface area contributed by atoms with Gasteiger partial charge in [-0.3, -0.25) is 0 Å². The number of aromatic nitrogens is 2. The lowest BCUT2D eigenvalue weighted by molar-refractivity contribution is 0.0962. The zero-order chi connectivity index (χ0) is 21.4. The highest BCUT2D eigenvalue weighted by molar-refractivity contribution is 7.80. The number of nitrogens with one attached hydrogen (secondary N) is 1. The van der Waals surface area contributed by atoms with Crippen LogP contribution in [0.15, 0.2) is 52.0 Å². The molecular formula is C22H21FN4O2S2. The first-order chi connectivity index (χ1) is 15.1. The van der Waals surface area contributed by atoms with E-state index in [2.05, 4.69) is 15.5 Å². The normalized spacial score (nSPS) is 21.6. The first-order valence-electron chi connectivity index (χ1n) is 10.1. The summed E-state index contributed by atoms with van der Waals surface area (Å²) < 4.78 is 25.1. The molecule has 31 heavy (non-hydrogen) atoms. The Hall–Kier alpha value is -2.62. The third-order valence-electron chi connectivity index (χ3n) is 5.61. The van der Waals surface area contributed by atoms with Gasteiger partial charge in [-0.2, -0.15) is 4.98 Å². The number of halogens is 1. The van der Waals surface area contributed by atoms with Crippen LogP contribution in [0.1, 0.15) is 37.3 Å². The number of ether oxygens (including phenoxy) is 1. The molecule has 0 amide bonds. The van der Waals surface area contributed by atoms with Gasteiger partial charge in [-0.1, -0.05) is 23.4 Å². The Morgan fingerprint density at radius 2 is 2.13 bits per heavy atom. The number of allylic oxidation sites excluding steroid dienone is 1. The number of hydrogen-bond donors (Lipinski definition) is 1.